The van der Waals surface area contributed by atoms with Crippen LogP contribution in [0.5, 0.6) is 23.0 Å². The Morgan fingerprint density at radius 2 is 1.93 bits per heavy atom. The van der Waals surface area contributed by atoms with Gasteiger partial charge in [0.2, 0.25) is 0 Å². The smallest absolute Gasteiger partial charge is 0.302 e. The van der Waals surface area contributed by atoms with Crippen molar-refractivity contribution in [3.63, 3.8) is 0 Å². The van der Waals surface area contributed by atoms with E-state index in [1.165, 1.54) is 19.1 Å². The lowest BCUT2D eigenvalue weighted by atomic mass is 10.0. The normalized spacial score (nSPS) is 18.4. The van der Waals surface area contributed by atoms with Gasteiger partial charge in [0.05, 0.1) is 6.61 Å². The molecule has 2 aromatic rings. The van der Waals surface area contributed by atoms with Gasteiger partial charge < -0.3 is 29.5 Å². The van der Waals surface area contributed by atoms with E-state index in [0.717, 1.165) is 5.56 Å². The SMILES string of the molecule is CC(=O)OC/C=C/c1ccc2c(c1)O[C@H](CO)[C@@H](c1ccc(O)c(O)c1)O2. The molecule has 142 valence electrons. The van der Waals surface area contributed by atoms with E-state index >= 15 is 0 Å². The van der Waals surface area contributed by atoms with Gasteiger partial charge in [-0.15, -0.1) is 0 Å². The van der Waals surface area contributed by atoms with Crippen molar-refractivity contribution in [2.24, 2.45) is 0 Å². The van der Waals surface area contributed by atoms with Gasteiger partial charge in [-0.05, 0) is 35.9 Å². The number of aliphatic hydroxyl groups is 1. The molecule has 0 fully saturated rings. The first-order chi connectivity index (χ1) is 13.0. The summed E-state index contributed by atoms with van der Waals surface area (Å²) >= 11 is 0. The number of phenols is 2. The summed E-state index contributed by atoms with van der Waals surface area (Å²) in [4.78, 5) is 10.8. The fraction of sp³-hybridized carbons (Fsp3) is 0.250. The average molecular weight is 372 g/mol. The molecule has 7 nitrogen and oxygen atoms in total. The number of phenolic OH excluding ortho intramolecular Hbond substituents is 2. The molecule has 0 saturated carbocycles. The highest BCUT2D eigenvalue weighted by Crippen LogP contribution is 2.41. The first kappa shape index (κ1) is 18.6. The Morgan fingerprint density at radius 3 is 2.63 bits per heavy atom. The van der Waals surface area contributed by atoms with Crippen molar-refractivity contribution in [2.45, 2.75) is 19.1 Å². The largest absolute Gasteiger partial charge is 0.504 e. The number of hydrogen-bond donors (Lipinski definition) is 3. The van der Waals surface area contributed by atoms with E-state index in [1.807, 2.05) is 6.07 Å². The molecule has 0 amide bonds. The Balaban J connectivity index is 1.80. The van der Waals surface area contributed by atoms with Gasteiger partial charge in [-0.25, -0.2) is 0 Å². The van der Waals surface area contributed by atoms with Gasteiger partial charge in [0.25, 0.3) is 0 Å². The van der Waals surface area contributed by atoms with Crippen LogP contribution in [0.4, 0.5) is 0 Å². The molecule has 0 unspecified atom stereocenters. The van der Waals surface area contributed by atoms with E-state index in [0.29, 0.717) is 17.1 Å². The predicted molar refractivity (Wildman–Crippen MR) is 96.8 cm³/mol. The molecule has 1 aliphatic rings. The third kappa shape index (κ3) is 4.32. The summed E-state index contributed by atoms with van der Waals surface area (Å²) in [5, 5.41) is 28.9. The second-order valence-corrected chi connectivity index (χ2v) is 6.04. The number of benzene rings is 2. The molecule has 0 spiro atoms. The summed E-state index contributed by atoms with van der Waals surface area (Å²) in [5.41, 5.74) is 1.39. The molecular formula is C20H20O7. The fourth-order valence-corrected chi connectivity index (χ4v) is 2.74. The minimum Gasteiger partial charge on any atom is -0.504 e. The van der Waals surface area contributed by atoms with E-state index in [4.69, 9.17) is 14.2 Å². The molecule has 3 rings (SSSR count). The quantitative estimate of drug-likeness (QED) is 0.547. The van der Waals surface area contributed by atoms with Crippen LogP contribution in [0.15, 0.2) is 42.5 Å². The Kier molecular flexibility index (Phi) is 5.52. The van der Waals surface area contributed by atoms with E-state index in [-0.39, 0.29) is 30.7 Å². The molecule has 0 saturated heterocycles. The zero-order chi connectivity index (χ0) is 19.4. The summed E-state index contributed by atoms with van der Waals surface area (Å²) < 4.78 is 16.7. The van der Waals surface area contributed by atoms with Crippen molar-refractivity contribution >= 4 is 12.0 Å². The number of fused-ring (bicyclic) bond motifs is 1. The van der Waals surface area contributed by atoms with Gasteiger partial charge in [0.1, 0.15) is 6.61 Å². The number of ether oxygens (including phenoxy) is 3. The summed E-state index contributed by atoms with van der Waals surface area (Å²) in [6.07, 6.45) is 2.17. The summed E-state index contributed by atoms with van der Waals surface area (Å²) in [6.45, 7) is 1.23. The van der Waals surface area contributed by atoms with E-state index in [1.54, 1.807) is 30.4 Å². The van der Waals surface area contributed by atoms with Crippen molar-refractivity contribution in [1.29, 1.82) is 0 Å². The molecular weight excluding hydrogens is 352 g/mol. The molecule has 1 aliphatic heterocycles. The zero-order valence-corrected chi connectivity index (χ0v) is 14.7. The molecule has 0 aliphatic carbocycles. The Labute approximate surface area is 156 Å². The van der Waals surface area contributed by atoms with Crippen LogP contribution < -0.4 is 9.47 Å². The fourth-order valence-electron chi connectivity index (χ4n) is 2.74. The van der Waals surface area contributed by atoms with Crippen LogP contribution in [0.1, 0.15) is 24.2 Å². The molecule has 7 heteroatoms. The topological polar surface area (TPSA) is 105 Å². The van der Waals surface area contributed by atoms with Crippen LogP contribution in [-0.4, -0.2) is 40.6 Å². The lowest BCUT2D eigenvalue weighted by molar-refractivity contribution is -0.139. The number of hydrogen-bond acceptors (Lipinski definition) is 7. The van der Waals surface area contributed by atoms with Crippen molar-refractivity contribution in [1.82, 2.24) is 0 Å². The third-order valence-electron chi connectivity index (χ3n) is 4.04. The van der Waals surface area contributed by atoms with Crippen molar-refractivity contribution in [2.75, 3.05) is 13.2 Å². The monoisotopic (exact) mass is 372 g/mol. The molecule has 2 atom stereocenters. The third-order valence-corrected chi connectivity index (χ3v) is 4.04. The summed E-state index contributed by atoms with van der Waals surface area (Å²) in [7, 11) is 0. The molecule has 27 heavy (non-hydrogen) atoms. The number of aliphatic hydroxyl groups excluding tert-OH is 1. The molecule has 0 aromatic heterocycles. The van der Waals surface area contributed by atoms with Crippen LogP contribution >= 0.6 is 0 Å². The minimum absolute atomic E-state index is 0.176. The summed E-state index contributed by atoms with van der Waals surface area (Å²) in [6, 6.07) is 9.65. The van der Waals surface area contributed by atoms with Crippen molar-refractivity contribution < 1.29 is 34.3 Å². The van der Waals surface area contributed by atoms with Gasteiger partial charge in [-0.2, -0.15) is 0 Å². The van der Waals surface area contributed by atoms with Gasteiger partial charge in [0, 0.05) is 12.5 Å². The van der Waals surface area contributed by atoms with Crippen LogP contribution in [-0.2, 0) is 9.53 Å². The second-order valence-electron chi connectivity index (χ2n) is 6.04. The number of carbonyl (C=O) groups is 1. The number of aromatic hydroxyl groups is 2. The minimum atomic E-state index is -0.679. The second kappa shape index (κ2) is 8.01. The maximum atomic E-state index is 10.8. The first-order valence-corrected chi connectivity index (χ1v) is 8.38. The molecule has 0 radical (unpaired) electrons. The number of esters is 1. The Morgan fingerprint density at radius 1 is 1.11 bits per heavy atom. The zero-order valence-electron chi connectivity index (χ0n) is 14.7. The highest BCUT2D eigenvalue weighted by Gasteiger charge is 2.33. The first-order valence-electron chi connectivity index (χ1n) is 8.38. The molecule has 1 heterocycles. The highest BCUT2D eigenvalue weighted by molar-refractivity contribution is 5.66. The molecule has 2 aromatic carbocycles. The number of carbonyl (C=O) groups excluding carboxylic acids is 1. The van der Waals surface area contributed by atoms with E-state index in [2.05, 4.69) is 0 Å². The standard InChI is InChI=1S/C20H20O7/c1-12(22)25-8-2-3-13-4-7-17-18(9-13)26-19(11-21)20(27-17)14-5-6-15(23)16(24)10-14/h2-7,9-10,19-21,23-24H,8,11H2,1H3/b3-2+/t19-,20-/m1/s1. The number of rotatable bonds is 5. The lowest BCUT2D eigenvalue weighted by Crippen LogP contribution is -2.36. The molecule has 0 bridgehead atoms. The van der Waals surface area contributed by atoms with Crippen LogP contribution in [0.3, 0.4) is 0 Å². The Bertz CT molecular complexity index is 859. The van der Waals surface area contributed by atoms with Crippen molar-refractivity contribution in [3.8, 4) is 23.0 Å². The van der Waals surface area contributed by atoms with Gasteiger partial charge in [-0.1, -0.05) is 18.2 Å². The van der Waals surface area contributed by atoms with E-state index in [9.17, 15) is 20.1 Å². The highest BCUT2D eigenvalue weighted by atomic mass is 16.6. The van der Waals surface area contributed by atoms with E-state index < -0.39 is 12.2 Å². The van der Waals surface area contributed by atoms with Gasteiger partial charge in [-0.3, -0.25) is 4.79 Å². The van der Waals surface area contributed by atoms with Crippen LogP contribution in [0.2, 0.25) is 0 Å². The maximum absolute atomic E-state index is 10.8. The van der Waals surface area contributed by atoms with Gasteiger partial charge in [0.15, 0.2) is 35.2 Å². The lowest BCUT2D eigenvalue weighted by Gasteiger charge is -2.33. The summed E-state index contributed by atoms with van der Waals surface area (Å²) in [5.74, 6) is 0.115. The van der Waals surface area contributed by atoms with Crippen LogP contribution in [0, 0.1) is 0 Å². The molecule has 3 N–H and O–H groups in total. The Hall–Kier alpha value is -3.19. The average Bonchev–Trinajstić information content (AvgIpc) is 2.66. The van der Waals surface area contributed by atoms with Crippen molar-refractivity contribution in [3.05, 3.63) is 53.6 Å². The van der Waals surface area contributed by atoms with Gasteiger partial charge >= 0.3 is 5.97 Å². The maximum Gasteiger partial charge on any atom is 0.302 e. The predicted octanol–water partition coefficient (Wildman–Crippen LogP) is 2.55. The van der Waals surface area contributed by atoms with Crippen LogP contribution in [0.25, 0.3) is 6.08 Å².